The molecule has 1 atom stereocenters. The molecule has 10 heteroatoms. The normalized spacial score (nSPS) is 16.7. The second-order valence-corrected chi connectivity index (χ2v) is 8.82. The third-order valence-corrected chi connectivity index (χ3v) is 6.81. The number of nitrogens with zero attached hydrogens (tertiary/aromatic N) is 1. The average Bonchev–Trinajstić information content (AvgIpc) is 2.74. The lowest BCUT2D eigenvalue weighted by atomic mass is 9.98. The monoisotopic (exact) mass is 438 g/mol. The fraction of sp³-hybridized carbons (Fsp3) is 0.300. The molecule has 2 aromatic carbocycles. The summed E-state index contributed by atoms with van der Waals surface area (Å²) in [4.78, 5) is 23.9. The smallest absolute Gasteiger partial charge is 0.310 e. The topological polar surface area (TPSA) is 107 Å². The van der Waals surface area contributed by atoms with Gasteiger partial charge in [0.15, 0.2) is 11.6 Å². The molecule has 0 saturated carbocycles. The van der Waals surface area contributed by atoms with Gasteiger partial charge in [0, 0.05) is 18.7 Å². The number of hydrogen-bond acceptors (Lipinski definition) is 5. The molecule has 1 fully saturated rings. The summed E-state index contributed by atoms with van der Waals surface area (Å²) in [5.74, 6) is -4.47. The van der Waals surface area contributed by atoms with E-state index in [-0.39, 0.29) is 30.8 Å². The van der Waals surface area contributed by atoms with Gasteiger partial charge >= 0.3 is 5.97 Å². The SMILES string of the molecule is NC(=O)C(OC(=O)C1CCN(S(=O)(=O)c2ccc(F)c(F)c2)CC1)c1ccccc1. The number of esters is 1. The average molecular weight is 438 g/mol. The molecule has 1 aliphatic heterocycles. The Kier molecular flexibility index (Phi) is 6.47. The molecule has 1 heterocycles. The van der Waals surface area contributed by atoms with Gasteiger partial charge in [-0.3, -0.25) is 9.59 Å². The number of sulfonamides is 1. The van der Waals surface area contributed by atoms with Crippen molar-refractivity contribution in [2.45, 2.75) is 23.8 Å². The van der Waals surface area contributed by atoms with Crippen LogP contribution in [0.2, 0.25) is 0 Å². The van der Waals surface area contributed by atoms with E-state index in [9.17, 15) is 26.8 Å². The standard InChI is InChI=1S/C20H20F2N2O5S/c21-16-7-6-15(12-17(16)22)30(27,28)24-10-8-14(9-11-24)20(26)29-18(19(23)25)13-4-2-1-3-5-13/h1-7,12,14,18H,8-11H2,(H2,23,25). The van der Waals surface area contributed by atoms with Crippen LogP contribution in [-0.2, 0) is 24.3 Å². The first-order chi connectivity index (χ1) is 14.2. The summed E-state index contributed by atoms with van der Waals surface area (Å²) in [7, 11) is -4.03. The van der Waals surface area contributed by atoms with Crippen LogP contribution in [0.1, 0.15) is 24.5 Å². The lowest BCUT2D eigenvalue weighted by molar-refractivity contribution is -0.160. The minimum atomic E-state index is -4.03. The maximum absolute atomic E-state index is 13.4. The summed E-state index contributed by atoms with van der Waals surface area (Å²) in [5, 5.41) is 0. The molecular formula is C20H20F2N2O5S. The highest BCUT2D eigenvalue weighted by Gasteiger charge is 2.35. The van der Waals surface area contributed by atoms with Gasteiger partial charge in [-0.15, -0.1) is 0 Å². The van der Waals surface area contributed by atoms with Gasteiger partial charge < -0.3 is 10.5 Å². The molecule has 1 saturated heterocycles. The molecule has 3 rings (SSSR count). The fourth-order valence-corrected chi connectivity index (χ4v) is 4.73. The summed E-state index contributed by atoms with van der Waals surface area (Å²) in [5.41, 5.74) is 5.79. The number of ether oxygens (including phenoxy) is 1. The van der Waals surface area contributed by atoms with Crippen molar-refractivity contribution >= 4 is 21.9 Å². The molecular weight excluding hydrogens is 418 g/mol. The van der Waals surface area contributed by atoms with Crippen LogP contribution in [0.5, 0.6) is 0 Å². The quantitative estimate of drug-likeness (QED) is 0.696. The fourth-order valence-electron chi connectivity index (χ4n) is 3.25. The summed E-state index contributed by atoms with van der Waals surface area (Å²) < 4.78 is 58.2. The van der Waals surface area contributed by atoms with Crippen LogP contribution < -0.4 is 5.73 Å². The first-order valence-electron chi connectivity index (χ1n) is 9.20. The van der Waals surface area contributed by atoms with Crippen molar-refractivity contribution in [3.05, 3.63) is 65.7 Å². The first kappa shape index (κ1) is 21.8. The molecule has 1 amide bonds. The van der Waals surface area contributed by atoms with E-state index in [2.05, 4.69) is 0 Å². The zero-order valence-electron chi connectivity index (χ0n) is 15.8. The second-order valence-electron chi connectivity index (χ2n) is 6.88. The van der Waals surface area contributed by atoms with Crippen LogP contribution in [0.25, 0.3) is 0 Å². The molecule has 2 aromatic rings. The van der Waals surface area contributed by atoms with Crippen LogP contribution >= 0.6 is 0 Å². The van der Waals surface area contributed by atoms with Crippen molar-refractivity contribution in [3.8, 4) is 0 Å². The van der Waals surface area contributed by atoms with Crippen molar-refractivity contribution in [2.24, 2.45) is 11.7 Å². The number of hydrogen-bond donors (Lipinski definition) is 1. The third-order valence-electron chi connectivity index (χ3n) is 4.91. The molecule has 0 aliphatic carbocycles. The number of piperidine rings is 1. The highest BCUT2D eigenvalue weighted by molar-refractivity contribution is 7.89. The lowest BCUT2D eigenvalue weighted by Crippen LogP contribution is -2.41. The molecule has 1 unspecified atom stereocenters. The van der Waals surface area contributed by atoms with E-state index in [1.807, 2.05) is 0 Å². The number of halogens is 2. The number of carbonyl (C=O) groups is 2. The van der Waals surface area contributed by atoms with Crippen LogP contribution in [0.3, 0.4) is 0 Å². The molecule has 160 valence electrons. The molecule has 0 radical (unpaired) electrons. The molecule has 7 nitrogen and oxygen atoms in total. The summed E-state index contributed by atoms with van der Waals surface area (Å²) in [6.07, 6.45) is -0.924. The highest BCUT2D eigenvalue weighted by atomic mass is 32.2. The van der Waals surface area contributed by atoms with Gasteiger partial charge in [-0.05, 0) is 31.0 Å². The van der Waals surface area contributed by atoms with E-state index in [0.29, 0.717) is 11.6 Å². The third kappa shape index (κ3) is 4.65. The van der Waals surface area contributed by atoms with E-state index in [1.54, 1.807) is 30.3 Å². The predicted molar refractivity (Wildman–Crippen MR) is 102 cm³/mol. The van der Waals surface area contributed by atoms with Gasteiger partial charge in [-0.1, -0.05) is 30.3 Å². The Morgan fingerprint density at radius 3 is 2.23 bits per heavy atom. The number of nitrogens with two attached hydrogens (primary N) is 1. The number of primary amides is 1. The molecule has 0 bridgehead atoms. The van der Waals surface area contributed by atoms with Crippen molar-refractivity contribution in [1.29, 1.82) is 0 Å². The summed E-state index contributed by atoms with van der Waals surface area (Å²) in [6, 6.07) is 10.7. The van der Waals surface area contributed by atoms with E-state index in [4.69, 9.17) is 10.5 Å². The maximum atomic E-state index is 13.4. The van der Waals surface area contributed by atoms with Crippen LogP contribution in [-0.4, -0.2) is 37.7 Å². The Morgan fingerprint density at radius 1 is 1.03 bits per heavy atom. The number of carbonyl (C=O) groups excluding carboxylic acids is 2. The van der Waals surface area contributed by atoms with Crippen LogP contribution in [0, 0.1) is 17.6 Å². The van der Waals surface area contributed by atoms with Crippen molar-refractivity contribution in [3.63, 3.8) is 0 Å². The lowest BCUT2D eigenvalue weighted by Gasteiger charge is -2.30. The van der Waals surface area contributed by atoms with Gasteiger partial charge in [0.25, 0.3) is 5.91 Å². The zero-order valence-corrected chi connectivity index (χ0v) is 16.6. The zero-order chi connectivity index (χ0) is 21.9. The minimum Gasteiger partial charge on any atom is -0.447 e. The molecule has 30 heavy (non-hydrogen) atoms. The number of benzene rings is 2. The largest absolute Gasteiger partial charge is 0.447 e. The van der Waals surface area contributed by atoms with Gasteiger partial charge in [0.05, 0.1) is 10.8 Å². The Bertz CT molecular complexity index is 1040. The molecule has 1 aliphatic rings. The van der Waals surface area contributed by atoms with Gasteiger partial charge in [0.2, 0.25) is 16.1 Å². The first-order valence-corrected chi connectivity index (χ1v) is 10.6. The molecule has 2 N–H and O–H groups in total. The maximum Gasteiger partial charge on any atom is 0.310 e. The minimum absolute atomic E-state index is 0.00628. The van der Waals surface area contributed by atoms with E-state index < -0.39 is 45.6 Å². The van der Waals surface area contributed by atoms with E-state index in [1.165, 1.54) is 0 Å². The predicted octanol–water partition coefficient (Wildman–Crippen LogP) is 2.14. The Balaban J connectivity index is 1.65. The molecule has 0 aromatic heterocycles. The Labute approximate surface area is 172 Å². The van der Waals surface area contributed by atoms with Crippen molar-refractivity contribution in [2.75, 3.05) is 13.1 Å². The van der Waals surface area contributed by atoms with Crippen LogP contribution in [0.15, 0.2) is 53.4 Å². The second kappa shape index (κ2) is 8.88. The van der Waals surface area contributed by atoms with Crippen molar-refractivity contribution in [1.82, 2.24) is 4.31 Å². The summed E-state index contributed by atoms with van der Waals surface area (Å²) >= 11 is 0. The number of rotatable bonds is 6. The van der Waals surface area contributed by atoms with Crippen LogP contribution in [0.4, 0.5) is 8.78 Å². The summed E-state index contributed by atoms with van der Waals surface area (Å²) in [6.45, 7) is -0.0126. The molecule has 0 spiro atoms. The van der Waals surface area contributed by atoms with Gasteiger partial charge in [0.1, 0.15) is 0 Å². The van der Waals surface area contributed by atoms with E-state index in [0.717, 1.165) is 16.4 Å². The Morgan fingerprint density at radius 2 is 1.67 bits per heavy atom. The van der Waals surface area contributed by atoms with Crippen molar-refractivity contribution < 1.29 is 31.5 Å². The van der Waals surface area contributed by atoms with Gasteiger partial charge in [-0.25, -0.2) is 17.2 Å². The Hall–Kier alpha value is -2.85. The van der Waals surface area contributed by atoms with Gasteiger partial charge in [-0.2, -0.15) is 4.31 Å². The highest BCUT2D eigenvalue weighted by Crippen LogP contribution is 2.27. The number of amides is 1. The van der Waals surface area contributed by atoms with E-state index >= 15 is 0 Å².